The maximum absolute atomic E-state index is 12.7. The number of aryl methyl sites for hydroxylation is 2. The zero-order valence-corrected chi connectivity index (χ0v) is 21.3. The summed E-state index contributed by atoms with van der Waals surface area (Å²) in [4.78, 5) is 17.9. The number of aliphatic hydroxyl groups is 1. The molecule has 0 radical (unpaired) electrons. The third-order valence-corrected chi connectivity index (χ3v) is 6.74. The molecule has 3 aromatic rings. The number of thioether (sulfide) groups is 1. The van der Waals surface area contributed by atoms with E-state index in [-0.39, 0.29) is 17.9 Å². The second-order valence-corrected chi connectivity index (χ2v) is 9.20. The third-order valence-electron chi connectivity index (χ3n) is 5.72. The van der Waals surface area contributed by atoms with Crippen molar-refractivity contribution in [2.24, 2.45) is 4.99 Å². The molecule has 0 saturated heterocycles. The smallest absolute Gasteiger partial charge is 0.344 e. The second kappa shape index (κ2) is 10.3. The molecule has 0 aliphatic carbocycles. The Kier molecular flexibility index (Phi) is 7.17. The standard InChI is InChI=1S/C28H28N2O4S/c1-6-34-28(32)25-26(31)24(35-27(25)29-21-9-13-23(33-5)14-10-21)16-20-15-18(3)30(19(20)4)22-11-7-17(2)8-12-22/h7-16,31H,6H2,1-5H3. The van der Waals surface area contributed by atoms with Gasteiger partial charge in [-0.05, 0) is 81.8 Å². The number of hydrogen-bond donors (Lipinski definition) is 1. The van der Waals surface area contributed by atoms with E-state index in [0.717, 1.165) is 22.6 Å². The highest BCUT2D eigenvalue weighted by Crippen LogP contribution is 2.41. The van der Waals surface area contributed by atoms with Gasteiger partial charge in [-0.3, -0.25) is 0 Å². The monoisotopic (exact) mass is 488 g/mol. The van der Waals surface area contributed by atoms with E-state index in [1.807, 2.05) is 19.9 Å². The van der Waals surface area contributed by atoms with Gasteiger partial charge in [-0.15, -0.1) is 0 Å². The van der Waals surface area contributed by atoms with Gasteiger partial charge in [0.2, 0.25) is 0 Å². The first-order valence-corrected chi connectivity index (χ1v) is 12.1. The molecule has 0 bridgehead atoms. The Labute approximate surface area is 209 Å². The molecule has 1 aromatic heterocycles. The Hall–Kier alpha value is -3.71. The van der Waals surface area contributed by atoms with Crippen molar-refractivity contribution in [3.8, 4) is 11.4 Å². The van der Waals surface area contributed by atoms with Crippen LogP contribution in [0.5, 0.6) is 5.75 Å². The fourth-order valence-electron chi connectivity index (χ4n) is 3.93. The number of aliphatic imine (C=N–C) groups is 1. The Bertz CT molecular complexity index is 1350. The number of ether oxygens (including phenoxy) is 2. The largest absolute Gasteiger partial charge is 0.506 e. The van der Waals surface area contributed by atoms with Crippen molar-refractivity contribution in [1.29, 1.82) is 0 Å². The van der Waals surface area contributed by atoms with Gasteiger partial charge in [0.15, 0.2) is 0 Å². The van der Waals surface area contributed by atoms with Crippen LogP contribution in [0.25, 0.3) is 11.8 Å². The minimum absolute atomic E-state index is 0.0752. The minimum Gasteiger partial charge on any atom is -0.506 e. The molecule has 0 spiro atoms. The SMILES string of the molecule is CCOC(=O)C1=C(O)C(=Cc2cc(C)n(-c3ccc(C)cc3)c2C)SC1=Nc1ccc(OC)cc1. The van der Waals surface area contributed by atoms with Crippen molar-refractivity contribution in [3.63, 3.8) is 0 Å². The fourth-order valence-corrected chi connectivity index (χ4v) is 4.96. The van der Waals surface area contributed by atoms with Crippen LogP contribution in [0.4, 0.5) is 5.69 Å². The fraction of sp³-hybridized carbons (Fsp3) is 0.214. The van der Waals surface area contributed by atoms with E-state index in [9.17, 15) is 9.90 Å². The molecule has 1 aliphatic heterocycles. The number of nitrogens with zero attached hydrogens (tertiary/aromatic N) is 2. The lowest BCUT2D eigenvalue weighted by Gasteiger charge is -2.10. The Balaban J connectivity index is 1.75. The summed E-state index contributed by atoms with van der Waals surface area (Å²) in [6, 6.07) is 17.6. The predicted octanol–water partition coefficient (Wildman–Crippen LogP) is 6.60. The van der Waals surface area contributed by atoms with E-state index in [4.69, 9.17) is 9.47 Å². The number of rotatable bonds is 6. The highest BCUT2D eigenvalue weighted by Gasteiger charge is 2.33. The van der Waals surface area contributed by atoms with Crippen LogP contribution in [0.1, 0.15) is 29.4 Å². The molecule has 1 aliphatic rings. The maximum atomic E-state index is 12.7. The zero-order chi connectivity index (χ0) is 25.1. The molecule has 0 atom stereocenters. The quantitative estimate of drug-likeness (QED) is 0.396. The number of methoxy groups -OCH3 is 1. The summed E-state index contributed by atoms with van der Waals surface area (Å²) >= 11 is 1.25. The summed E-state index contributed by atoms with van der Waals surface area (Å²) in [6.45, 7) is 8.08. The van der Waals surface area contributed by atoms with Crippen LogP contribution >= 0.6 is 11.8 Å². The van der Waals surface area contributed by atoms with E-state index in [0.29, 0.717) is 21.4 Å². The molecular formula is C28H28N2O4S. The van der Waals surface area contributed by atoms with Crippen molar-refractivity contribution in [2.75, 3.05) is 13.7 Å². The number of carbonyl (C=O) groups excluding carboxylic acids is 1. The van der Waals surface area contributed by atoms with E-state index in [1.54, 1.807) is 38.3 Å². The Morgan fingerprint density at radius 1 is 1.09 bits per heavy atom. The summed E-state index contributed by atoms with van der Waals surface area (Å²) in [6.07, 6.45) is 1.89. The van der Waals surface area contributed by atoms with E-state index in [2.05, 4.69) is 46.8 Å². The van der Waals surface area contributed by atoms with Crippen molar-refractivity contribution in [2.45, 2.75) is 27.7 Å². The van der Waals surface area contributed by atoms with Crippen LogP contribution < -0.4 is 4.74 Å². The second-order valence-electron chi connectivity index (χ2n) is 8.17. The molecule has 2 heterocycles. The lowest BCUT2D eigenvalue weighted by molar-refractivity contribution is -0.138. The summed E-state index contributed by atoms with van der Waals surface area (Å²) < 4.78 is 12.6. The van der Waals surface area contributed by atoms with Gasteiger partial charge in [-0.2, -0.15) is 0 Å². The summed E-state index contributed by atoms with van der Waals surface area (Å²) in [5.41, 5.74) is 6.04. The Morgan fingerprint density at radius 2 is 1.77 bits per heavy atom. The highest BCUT2D eigenvalue weighted by molar-refractivity contribution is 8.18. The summed E-state index contributed by atoms with van der Waals surface area (Å²) in [5.74, 6) is -0.0133. The number of benzene rings is 2. The van der Waals surface area contributed by atoms with E-state index < -0.39 is 5.97 Å². The maximum Gasteiger partial charge on any atom is 0.344 e. The van der Waals surface area contributed by atoms with Gasteiger partial charge >= 0.3 is 5.97 Å². The molecule has 35 heavy (non-hydrogen) atoms. The average Bonchev–Trinajstić information content (AvgIpc) is 3.29. The highest BCUT2D eigenvalue weighted by atomic mass is 32.2. The van der Waals surface area contributed by atoms with Crippen molar-refractivity contribution in [1.82, 2.24) is 4.57 Å². The van der Waals surface area contributed by atoms with Crippen LogP contribution in [0.3, 0.4) is 0 Å². The Morgan fingerprint density at radius 3 is 2.40 bits per heavy atom. The first kappa shape index (κ1) is 24.4. The molecule has 2 aromatic carbocycles. The van der Waals surface area contributed by atoms with Crippen molar-refractivity contribution >= 4 is 34.5 Å². The lowest BCUT2D eigenvalue weighted by Crippen LogP contribution is -2.12. The van der Waals surface area contributed by atoms with E-state index in [1.165, 1.54) is 17.3 Å². The molecule has 6 nitrogen and oxygen atoms in total. The number of esters is 1. The first-order chi connectivity index (χ1) is 16.8. The molecule has 180 valence electrons. The number of aromatic nitrogens is 1. The van der Waals surface area contributed by atoms with Gasteiger partial charge in [-0.1, -0.05) is 29.5 Å². The van der Waals surface area contributed by atoms with E-state index >= 15 is 0 Å². The van der Waals surface area contributed by atoms with Gasteiger partial charge in [-0.25, -0.2) is 9.79 Å². The summed E-state index contributed by atoms with van der Waals surface area (Å²) in [7, 11) is 1.60. The molecular weight excluding hydrogens is 460 g/mol. The van der Waals surface area contributed by atoms with Crippen LogP contribution in [-0.2, 0) is 9.53 Å². The van der Waals surface area contributed by atoms with Crippen molar-refractivity contribution < 1.29 is 19.4 Å². The molecule has 0 saturated carbocycles. The van der Waals surface area contributed by atoms with Crippen LogP contribution in [0.2, 0.25) is 0 Å². The third kappa shape index (κ3) is 5.05. The molecule has 7 heteroatoms. The summed E-state index contributed by atoms with van der Waals surface area (Å²) in [5, 5.41) is 11.4. The number of carbonyl (C=O) groups is 1. The molecule has 0 fully saturated rings. The zero-order valence-electron chi connectivity index (χ0n) is 20.5. The van der Waals surface area contributed by atoms with Gasteiger partial charge in [0.05, 0.1) is 24.3 Å². The first-order valence-electron chi connectivity index (χ1n) is 11.3. The molecule has 1 N–H and O–H groups in total. The molecule has 0 unspecified atom stereocenters. The molecule has 4 rings (SSSR count). The minimum atomic E-state index is -0.599. The topological polar surface area (TPSA) is 73.0 Å². The predicted molar refractivity (Wildman–Crippen MR) is 142 cm³/mol. The van der Waals surface area contributed by atoms with Crippen LogP contribution in [-0.4, -0.2) is 34.4 Å². The van der Waals surface area contributed by atoms with Gasteiger partial charge < -0.3 is 19.1 Å². The van der Waals surface area contributed by atoms with Gasteiger partial charge in [0.1, 0.15) is 22.1 Å². The normalized spacial score (nSPS) is 15.8. The lowest BCUT2D eigenvalue weighted by atomic mass is 10.1. The average molecular weight is 489 g/mol. The molecule has 0 amide bonds. The van der Waals surface area contributed by atoms with Gasteiger partial charge in [0.25, 0.3) is 0 Å². The van der Waals surface area contributed by atoms with Crippen LogP contribution in [0.15, 0.2) is 75.8 Å². The number of aliphatic hydroxyl groups excluding tert-OH is 1. The van der Waals surface area contributed by atoms with Gasteiger partial charge in [0, 0.05) is 17.1 Å². The number of hydrogen-bond acceptors (Lipinski definition) is 6. The van der Waals surface area contributed by atoms with Crippen molar-refractivity contribution in [3.05, 3.63) is 93.3 Å². The van der Waals surface area contributed by atoms with Crippen LogP contribution in [0, 0.1) is 20.8 Å².